The average molecular weight is 276 g/mol. The van der Waals surface area contributed by atoms with E-state index in [-0.39, 0.29) is 5.91 Å². The number of benzene rings is 1. The van der Waals surface area contributed by atoms with Crippen molar-refractivity contribution in [2.24, 2.45) is 0 Å². The summed E-state index contributed by atoms with van der Waals surface area (Å²) in [5.74, 6) is -0.319. The van der Waals surface area contributed by atoms with Crippen LogP contribution in [-0.2, 0) is 4.79 Å². The van der Waals surface area contributed by atoms with Gasteiger partial charge in [-0.2, -0.15) is 0 Å². The highest BCUT2D eigenvalue weighted by molar-refractivity contribution is 5.81. The van der Waals surface area contributed by atoms with E-state index in [0.29, 0.717) is 18.2 Å². The van der Waals surface area contributed by atoms with E-state index in [4.69, 9.17) is 0 Å². The molecule has 4 nitrogen and oxygen atoms in total. The van der Waals surface area contributed by atoms with Gasteiger partial charge in [0.15, 0.2) is 6.10 Å². The molecule has 0 spiro atoms. The monoisotopic (exact) mass is 276 g/mol. The van der Waals surface area contributed by atoms with E-state index in [1.807, 2.05) is 18.2 Å². The van der Waals surface area contributed by atoms with Crippen molar-refractivity contribution in [1.82, 2.24) is 10.2 Å². The summed E-state index contributed by atoms with van der Waals surface area (Å²) in [6.45, 7) is 4.79. The fourth-order valence-corrected chi connectivity index (χ4v) is 2.70. The maximum absolute atomic E-state index is 11.9. The van der Waals surface area contributed by atoms with Crippen molar-refractivity contribution in [3.8, 4) is 0 Å². The van der Waals surface area contributed by atoms with Gasteiger partial charge in [-0.15, -0.1) is 0 Å². The third-order valence-electron chi connectivity index (χ3n) is 4.00. The first-order valence-electron chi connectivity index (χ1n) is 7.43. The molecule has 0 aliphatic carbocycles. The van der Waals surface area contributed by atoms with Crippen LogP contribution in [0, 0.1) is 0 Å². The lowest BCUT2D eigenvalue weighted by molar-refractivity contribution is -0.129. The van der Waals surface area contributed by atoms with E-state index in [1.54, 1.807) is 12.1 Å². The van der Waals surface area contributed by atoms with Crippen molar-refractivity contribution in [3.63, 3.8) is 0 Å². The summed E-state index contributed by atoms with van der Waals surface area (Å²) in [6, 6.07) is 9.63. The van der Waals surface area contributed by atoms with Crippen LogP contribution in [0.1, 0.15) is 37.9 Å². The van der Waals surface area contributed by atoms with Gasteiger partial charge < -0.3 is 10.4 Å². The van der Waals surface area contributed by atoms with Crippen molar-refractivity contribution in [3.05, 3.63) is 35.9 Å². The molecule has 1 saturated heterocycles. The number of likely N-dealkylation sites (tertiary alicyclic amines) is 1. The van der Waals surface area contributed by atoms with Crippen LogP contribution in [0.2, 0.25) is 0 Å². The van der Waals surface area contributed by atoms with Gasteiger partial charge in [-0.1, -0.05) is 36.8 Å². The zero-order valence-electron chi connectivity index (χ0n) is 12.1. The Morgan fingerprint density at radius 3 is 2.85 bits per heavy atom. The van der Waals surface area contributed by atoms with Crippen molar-refractivity contribution in [2.45, 2.75) is 38.3 Å². The van der Waals surface area contributed by atoms with Gasteiger partial charge in [-0.05, 0) is 31.9 Å². The molecule has 2 atom stereocenters. The van der Waals surface area contributed by atoms with Crippen LogP contribution in [0.5, 0.6) is 0 Å². The van der Waals surface area contributed by atoms with E-state index in [0.717, 1.165) is 13.1 Å². The van der Waals surface area contributed by atoms with Crippen LogP contribution in [0.15, 0.2) is 30.3 Å². The van der Waals surface area contributed by atoms with E-state index in [9.17, 15) is 9.90 Å². The van der Waals surface area contributed by atoms with E-state index < -0.39 is 6.10 Å². The second-order valence-corrected chi connectivity index (χ2v) is 5.49. The van der Waals surface area contributed by atoms with Crippen LogP contribution in [0.3, 0.4) is 0 Å². The molecule has 0 saturated carbocycles. The maximum atomic E-state index is 11.9. The summed E-state index contributed by atoms with van der Waals surface area (Å²) in [5.41, 5.74) is 0.636. The van der Waals surface area contributed by atoms with Crippen molar-refractivity contribution < 1.29 is 9.90 Å². The minimum atomic E-state index is -1.07. The predicted molar refractivity (Wildman–Crippen MR) is 79.3 cm³/mol. The Morgan fingerprint density at radius 2 is 2.15 bits per heavy atom. The number of hydrogen-bond acceptors (Lipinski definition) is 3. The van der Waals surface area contributed by atoms with Crippen molar-refractivity contribution in [1.29, 1.82) is 0 Å². The average Bonchev–Trinajstić information content (AvgIpc) is 2.49. The number of carbonyl (C=O) groups is 1. The summed E-state index contributed by atoms with van der Waals surface area (Å²) in [7, 11) is 0. The minimum absolute atomic E-state index is 0.319. The van der Waals surface area contributed by atoms with E-state index in [2.05, 4.69) is 17.1 Å². The molecule has 2 rings (SSSR count). The Balaban J connectivity index is 1.75. The Morgan fingerprint density at radius 1 is 1.40 bits per heavy atom. The molecule has 0 aromatic heterocycles. The number of amides is 1. The number of aliphatic hydroxyl groups excluding tert-OH is 1. The summed E-state index contributed by atoms with van der Waals surface area (Å²) in [4.78, 5) is 14.3. The molecule has 1 aliphatic heterocycles. The smallest absolute Gasteiger partial charge is 0.253 e. The fourth-order valence-electron chi connectivity index (χ4n) is 2.70. The normalized spacial score (nSPS) is 21.4. The van der Waals surface area contributed by atoms with Gasteiger partial charge in [-0.25, -0.2) is 0 Å². The Bertz CT molecular complexity index is 422. The van der Waals surface area contributed by atoms with Gasteiger partial charge in [0.05, 0.1) is 0 Å². The first-order chi connectivity index (χ1) is 9.68. The van der Waals surface area contributed by atoms with Gasteiger partial charge in [0.25, 0.3) is 5.91 Å². The summed E-state index contributed by atoms with van der Waals surface area (Å²) in [5, 5.41) is 12.8. The standard InChI is InChI=1S/C16H24N2O2/c1-13-7-5-6-11-18(13)12-10-17-16(20)15(19)14-8-3-2-4-9-14/h2-4,8-9,13,15,19H,5-7,10-12H2,1H3,(H,17,20). The molecule has 1 aliphatic rings. The number of rotatable bonds is 5. The van der Waals surface area contributed by atoms with Gasteiger partial charge >= 0.3 is 0 Å². The summed E-state index contributed by atoms with van der Waals surface area (Å²) < 4.78 is 0. The lowest BCUT2D eigenvalue weighted by Crippen LogP contribution is -2.43. The molecule has 2 unspecified atom stereocenters. The molecule has 0 bridgehead atoms. The highest BCUT2D eigenvalue weighted by atomic mass is 16.3. The molecule has 1 fully saturated rings. The maximum Gasteiger partial charge on any atom is 0.253 e. The Kier molecular flexibility index (Phi) is 5.56. The highest BCUT2D eigenvalue weighted by Crippen LogP contribution is 2.15. The summed E-state index contributed by atoms with van der Waals surface area (Å²) in [6.07, 6.45) is 2.71. The minimum Gasteiger partial charge on any atom is -0.378 e. The number of aliphatic hydroxyl groups is 1. The molecule has 1 amide bonds. The third-order valence-corrected chi connectivity index (χ3v) is 4.00. The van der Waals surface area contributed by atoms with Crippen LogP contribution in [0.4, 0.5) is 0 Å². The topological polar surface area (TPSA) is 52.6 Å². The largest absolute Gasteiger partial charge is 0.378 e. The lowest BCUT2D eigenvalue weighted by atomic mass is 10.0. The highest BCUT2D eigenvalue weighted by Gasteiger charge is 2.19. The number of piperidine rings is 1. The molecule has 4 heteroatoms. The first-order valence-corrected chi connectivity index (χ1v) is 7.43. The zero-order valence-corrected chi connectivity index (χ0v) is 12.1. The quantitative estimate of drug-likeness (QED) is 0.861. The molecule has 2 N–H and O–H groups in total. The molecule has 110 valence electrons. The van der Waals surface area contributed by atoms with Gasteiger partial charge in [0, 0.05) is 19.1 Å². The molecule has 1 heterocycles. The van der Waals surface area contributed by atoms with Crippen molar-refractivity contribution in [2.75, 3.05) is 19.6 Å². The second kappa shape index (κ2) is 7.41. The van der Waals surface area contributed by atoms with Crippen molar-refractivity contribution >= 4 is 5.91 Å². The van der Waals surface area contributed by atoms with E-state index in [1.165, 1.54) is 19.3 Å². The first kappa shape index (κ1) is 15.0. The Labute approximate surface area is 120 Å². The Hall–Kier alpha value is -1.39. The number of nitrogens with one attached hydrogen (secondary N) is 1. The third kappa shape index (κ3) is 4.05. The molecular weight excluding hydrogens is 252 g/mol. The van der Waals surface area contributed by atoms with E-state index >= 15 is 0 Å². The second-order valence-electron chi connectivity index (χ2n) is 5.49. The number of carbonyl (C=O) groups excluding carboxylic acids is 1. The number of nitrogens with zero attached hydrogens (tertiary/aromatic N) is 1. The molecule has 0 radical (unpaired) electrons. The zero-order chi connectivity index (χ0) is 14.4. The molecule has 1 aromatic carbocycles. The van der Waals surface area contributed by atoms with Crippen LogP contribution in [-0.4, -0.2) is 41.6 Å². The van der Waals surface area contributed by atoms with Crippen LogP contribution < -0.4 is 5.32 Å². The SMILES string of the molecule is CC1CCCCN1CCNC(=O)C(O)c1ccccc1. The van der Waals surface area contributed by atoms with Gasteiger partial charge in [0.1, 0.15) is 0 Å². The van der Waals surface area contributed by atoms with Crippen LogP contribution in [0.25, 0.3) is 0 Å². The number of hydrogen-bond donors (Lipinski definition) is 2. The summed E-state index contributed by atoms with van der Waals surface area (Å²) >= 11 is 0. The van der Waals surface area contributed by atoms with Gasteiger partial charge in [0.2, 0.25) is 0 Å². The molecular formula is C16H24N2O2. The predicted octanol–water partition coefficient (Wildman–Crippen LogP) is 1.71. The lowest BCUT2D eigenvalue weighted by Gasteiger charge is -2.33. The van der Waals surface area contributed by atoms with Crippen LogP contribution >= 0.6 is 0 Å². The fraction of sp³-hybridized carbons (Fsp3) is 0.562. The molecule has 1 aromatic rings. The van der Waals surface area contributed by atoms with Gasteiger partial charge in [-0.3, -0.25) is 9.69 Å². The molecule has 20 heavy (non-hydrogen) atoms.